The number of thiophene rings is 1. The van der Waals surface area contributed by atoms with Gasteiger partial charge in [0.25, 0.3) is 5.91 Å². The van der Waals surface area contributed by atoms with Crippen LogP contribution in [0, 0.1) is 11.3 Å². The Morgan fingerprint density at radius 2 is 1.94 bits per heavy atom. The van der Waals surface area contributed by atoms with E-state index in [0.29, 0.717) is 21.5 Å². The van der Waals surface area contributed by atoms with Gasteiger partial charge in [-0.05, 0) is 72.1 Å². The summed E-state index contributed by atoms with van der Waals surface area (Å²) in [5.74, 6) is -0.315. The van der Waals surface area contributed by atoms with Crippen LogP contribution in [0.3, 0.4) is 0 Å². The van der Waals surface area contributed by atoms with Crippen molar-refractivity contribution in [1.29, 1.82) is 0 Å². The molecule has 0 radical (unpaired) electrons. The van der Waals surface area contributed by atoms with Gasteiger partial charge in [0.05, 0.1) is 5.56 Å². The van der Waals surface area contributed by atoms with Crippen LogP contribution in [0.1, 0.15) is 53.6 Å². The summed E-state index contributed by atoms with van der Waals surface area (Å²) >= 11 is 12.6. The minimum Gasteiger partial charge on any atom is -0.365 e. The number of primary amides is 1. The maximum atomic E-state index is 12.2. The molecule has 3 rings (SSSR count). The van der Waals surface area contributed by atoms with Crippen molar-refractivity contribution in [3.63, 3.8) is 0 Å². The zero-order valence-corrected chi connectivity index (χ0v) is 20.1. The summed E-state index contributed by atoms with van der Waals surface area (Å²) < 4.78 is 0. The third-order valence-electron chi connectivity index (χ3n) is 5.50. The molecule has 4 N–H and O–H groups in total. The first-order valence-corrected chi connectivity index (χ1v) is 11.6. The van der Waals surface area contributed by atoms with Gasteiger partial charge in [0.15, 0.2) is 5.11 Å². The van der Waals surface area contributed by atoms with Crippen molar-refractivity contribution in [2.24, 2.45) is 17.1 Å². The summed E-state index contributed by atoms with van der Waals surface area (Å²) in [6.45, 7) is 6.73. The number of nitrogens with two attached hydrogens (primary N) is 1. The van der Waals surface area contributed by atoms with E-state index in [9.17, 15) is 9.59 Å². The maximum Gasteiger partial charge on any atom is 0.251 e. The van der Waals surface area contributed by atoms with E-state index in [1.165, 1.54) is 22.3 Å². The first kappa shape index (κ1) is 23.4. The zero-order valence-electron chi connectivity index (χ0n) is 17.8. The number of carbonyl (C=O) groups is 2. The van der Waals surface area contributed by atoms with E-state index in [1.807, 2.05) is 12.1 Å². The molecule has 164 valence electrons. The Hall–Kier alpha value is -2.22. The van der Waals surface area contributed by atoms with E-state index in [4.69, 9.17) is 29.6 Å². The van der Waals surface area contributed by atoms with E-state index in [1.54, 1.807) is 18.2 Å². The van der Waals surface area contributed by atoms with E-state index in [2.05, 4.69) is 31.4 Å². The van der Waals surface area contributed by atoms with Crippen molar-refractivity contribution >= 4 is 63.2 Å². The molecule has 1 aliphatic carbocycles. The van der Waals surface area contributed by atoms with Gasteiger partial charge in [-0.25, -0.2) is 0 Å². The molecule has 0 aliphatic heterocycles. The van der Waals surface area contributed by atoms with Crippen LogP contribution in [-0.2, 0) is 17.6 Å². The molecule has 0 fully saturated rings. The molecule has 0 bridgehead atoms. The number of nitrogens with one attached hydrogen (secondary N) is 2. The fraction of sp³-hybridized carbons (Fsp3) is 0.348. The quantitative estimate of drug-likeness (QED) is 0.420. The van der Waals surface area contributed by atoms with Crippen LogP contribution in [0.4, 0.5) is 5.00 Å². The summed E-state index contributed by atoms with van der Waals surface area (Å²) in [4.78, 5) is 25.5. The molecule has 2 aromatic rings. The predicted molar refractivity (Wildman–Crippen MR) is 133 cm³/mol. The van der Waals surface area contributed by atoms with Crippen LogP contribution < -0.4 is 16.4 Å². The number of hydrogen-bond acceptors (Lipinski definition) is 4. The Labute approximate surface area is 197 Å². The second-order valence-electron chi connectivity index (χ2n) is 8.71. The molecule has 0 saturated carbocycles. The molecule has 0 spiro atoms. The fourth-order valence-corrected chi connectivity index (χ4v) is 5.44. The first-order chi connectivity index (χ1) is 14.5. The van der Waals surface area contributed by atoms with Gasteiger partial charge in [-0.15, -0.1) is 11.3 Å². The number of rotatable bonds is 4. The molecular weight excluding hydrogens is 450 g/mol. The number of fused-ring (bicyclic) bond motifs is 1. The van der Waals surface area contributed by atoms with Crippen molar-refractivity contribution in [3.05, 3.63) is 56.9 Å². The topological polar surface area (TPSA) is 84.2 Å². The fourth-order valence-electron chi connectivity index (χ4n) is 3.71. The van der Waals surface area contributed by atoms with Gasteiger partial charge in [-0.3, -0.25) is 14.9 Å². The monoisotopic (exact) mass is 475 g/mol. The van der Waals surface area contributed by atoms with Crippen LogP contribution in [0.15, 0.2) is 30.3 Å². The van der Waals surface area contributed by atoms with Gasteiger partial charge in [0.2, 0.25) is 5.91 Å². The lowest BCUT2D eigenvalue weighted by molar-refractivity contribution is -0.115. The number of amides is 2. The summed E-state index contributed by atoms with van der Waals surface area (Å²) in [6.07, 6.45) is 5.80. The van der Waals surface area contributed by atoms with E-state index >= 15 is 0 Å². The summed E-state index contributed by atoms with van der Waals surface area (Å²) in [5.41, 5.74) is 8.22. The Bertz CT molecular complexity index is 1040. The van der Waals surface area contributed by atoms with Gasteiger partial charge in [-0.2, -0.15) is 0 Å². The number of halogens is 1. The van der Waals surface area contributed by atoms with Crippen LogP contribution in [0.5, 0.6) is 0 Å². The van der Waals surface area contributed by atoms with Gasteiger partial charge in [0, 0.05) is 16.0 Å². The molecule has 0 saturated heterocycles. The molecule has 1 heterocycles. The standard InChI is InChI=1S/C23H26ClN3O2S2/c1-23(2,3)14-7-10-16-17(12-14)31-21(19(16)20(25)29)27-22(30)26-18(28)11-6-13-4-8-15(24)9-5-13/h4-6,8-9,11,14H,7,10,12H2,1-3H3,(H2,25,29)(H2,26,27,28,30)/b11-6+/t14-/m0/s1. The van der Waals surface area contributed by atoms with Crippen molar-refractivity contribution in [2.75, 3.05) is 5.32 Å². The Balaban J connectivity index is 1.69. The van der Waals surface area contributed by atoms with E-state index < -0.39 is 5.91 Å². The zero-order chi connectivity index (χ0) is 22.8. The van der Waals surface area contributed by atoms with Gasteiger partial charge >= 0.3 is 0 Å². The van der Waals surface area contributed by atoms with Gasteiger partial charge in [0.1, 0.15) is 5.00 Å². The molecule has 8 heteroatoms. The molecule has 1 aliphatic rings. The molecule has 1 aromatic carbocycles. The molecule has 2 amide bonds. The second kappa shape index (κ2) is 9.51. The van der Waals surface area contributed by atoms with E-state index in [-0.39, 0.29) is 16.4 Å². The van der Waals surface area contributed by atoms with E-state index in [0.717, 1.165) is 30.4 Å². The lowest BCUT2D eigenvalue weighted by atomic mass is 9.72. The molecule has 31 heavy (non-hydrogen) atoms. The number of anilines is 1. The summed E-state index contributed by atoms with van der Waals surface area (Å²) in [7, 11) is 0. The number of benzene rings is 1. The lowest BCUT2D eigenvalue weighted by Gasteiger charge is -2.33. The minimum absolute atomic E-state index is 0.124. The smallest absolute Gasteiger partial charge is 0.251 e. The molecule has 0 unspecified atom stereocenters. The molecule has 1 aromatic heterocycles. The van der Waals surface area contributed by atoms with Crippen molar-refractivity contribution < 1.29 is 9.59 Å². The Morgan fingerprint density at radius 1 is 1.26 bits per heavy atom. The van der Waals surface area contributed by atoms with Gasteiger partial charge < -0.3 is 11.1 Å². The third-order valence-corrected chi connectivity index (χ3v) is 7.12. The van der Waals surface area contributed by atoms with Crippen LogP contribution in [-0.4, -0.2) is 16.9 Å². The van der Waals surface area contributed by atoms with Crippen LogP contribution in [0.2, 0.25) is 5.02 Å². The highest BCUT2D eigenvalue weighted by Gasteiger charge is 2.33. The maximum absolute atomic E-state index is 12.2. The van der Waals surface area contributed by atoms with Crippen molar-refractivity contribution in [3.8, 4) is 0 Å². The normalized spacial score (nSPS) is 16.1. The van der Waals surface area contributed by atoms with Crippen molar-refractivity contribution in [2.45, 2.75) is 40.0 Å². The molecule has 1 atom stereocenters. The minimum atomic E-state index is -0.481. The summed E-state index contributed by atoms with van der Waals surface area (Å²) in [5, 5.41) is 6.97. The average molecular weight is 476 g/mol. The largest absolute Gasteiger partial charge is 0.365 e. The number of thiocarbonyl (C=S) groups is 1. The third kappa shape index (κ3) is 5.93. The van der Waals surface area contributed by atoms with Crippen molar-refractivity contribution in [1.82, 2.24) is 5.32 Å². The Morgan fingerprint density at radius 3 is 2.55 bits per heavy atom. The van der Waals surface area contributed by atoms with Crippen LogP contribution >= 0.6 is 35.2 Å². The van der Waals surface area contributed by atoms with Crippen LogP contribution in [0.25, 0.3) is 6.08 Å². The first-order valence-electron chi connectivity index (χ1n) is 10.0. The average Bonchev–Trinajstić information content (AvgIpc) is 3.03. The highest BCUT2D eigenvalue weighted by Crippen LogP contribution is 2.44. The number of hydrogen-bond donors (Lipinski definition) is 3. The molecular formula is C23H26ClN3O2S2. The molecule has 5 nitrogen and oxygen atoms in total. The predicted octanol–water partition coefficient (Wildman–Crippen LogP) is 5.18. The van der Waals surface area contributed by atoms with Gasteiger partial charge in [-0.1, -0.05) is 44.5 Å². The SMILES string of the molecule is CC(C)(C)[C@H]1CCc2c(sc(NC(=S)NC(=O)/C=C/c3ccc(Cl)cc3)c2C(N)=O)C1. The second-order valence-corrected chi connectivity index (χ2v) is 10.7. The highest BCUT2D eigenvalue weighted by atomic mass is 35.5. The highest BCUT2D eigenvalue weighted by molar-refractivity contribution is 7.80. The summed E-state index contributed by atoms with van der Waals surface area (Å²) in [6, 6.07) is 7.12. The Kier molecular flexibility index (Phi) is 7.19. The lowest BCUT2D eigenvalue weighted by Crippen LogP contribution is -2.33. The number of carbonyl (C=O) groups excluding carboxylic acids is 2.